The van der Waals surface area contributed by atoms with Crippen LogP contribution in [0.5, 0.6) is 0 Å². The third-order valence-corrected chi connectivity index (χ3v) is 5.13. The lowest BCUT2D eigenvalue weighted by molar-refractivity contribution is 0.516. The predicted octanol–water partition coefficient (Wildman–Crippen LogP) is 4.87. The van der Waals surface area contributed by atoms with E-state index in [0.29, 0.717) is 0 Å². The maximum atomic E-state index is 6.10. The van der Waals surface area contributed by atoms with Crippen molar-refractivity contribution in [3.05, 3.63) is 28.8 Å². The minimum atomic E-state index is 0.806. The predicted molar refractivity (Wildman–Crippen MR) is 81.6 cm³/mol. The smallest absolute Gasteiger partial charge is 0.0410 e. The summed E-state index contributed by atoms with van der Waals surface area (Å²) in [6, 6.07) is 6.31. The Hall–Kier alpha value is -0.180. The van der Waals surface area contributed by atoms with Crippen LogP contribution < -0.4 is 5.32 Å². The Bertz CT molecular complexity index is 375. The van der Waals surface area contributed by atoms with E-state index < -0.39 is 0 Å². The van der Waals surface area contributed by atoms with Gasteiger partial charge in [0, 0.05) is 21.7 Å². The lowest BCUT2D eigenvalue weighted by Crippen LogP contribution is -2.13. The van der Waals surface area contributed by atoms with Crippen LogP contribution in [0.25, 0.3) is 0 Å². The van der Waals surface area contributed by atoms with Crippen LogP contribution in [-0.2, 0) is 6.54 Å². The van der Waals surface area contributed by atoms with E-state index in [0.717, 1.165) is 23.4 Å². The van der Waals surface area contributed by atoms with Crippen molar-refractivity contribution in [1.82, 2.24) is 5.32 Å². The Kier molecular flexibility index (Phi) is 5.87. The quantitative estimate of drug-likeness (QED) is 0.827. The molecule has 100 valence electrons. The van der Waals surface area contributed by atoms with E-state index in [1.807, 2.05) is 6.07 Å². The van der Waals surface area contributed by atoms with E-state index in [1.54, 1.807) is 0 Å². The number of benzene rings is 1. The lowest BCUT2D eigenvalue weighted by Gasteiger charge is -2.22. The van der Waals surface area contributed by atoms with E-state index in [4.69, 9.17) is 11.6 Å². The molecule has 0 aliphatic heterocycles. The summed E-state index contributed by atoms with van der Waals surface area (Å²) < 4.78 is 0. The lowest BCUT2D eigenvalue weighted by atomic mass is 10.0. The molecule has 1 aromatic rings. The third kappa shape index (κ3) is 4.18. The zero-order valence-corrected chi connectivity index (χ0v) is 12.6. The molecule has 0 atom stereocenters. The second kappa shape index (κ2) is 7.42. The zero-order valence-electron chi connectivity index (χ0n) is 11.0. The summed E-state index contributed by atoms with van der Waals surface area (Å²) in [7, 11) is 0. The fraction of sp³-hybridized carbons (Fsp3) is 0.600. The molecule has 1 nitrogen and oxygen atoms in total. The van der Waals surface area contributed by atoms with Crippen LogP contribution in [0.4, 0.5) is 0 Å². The van der Waals surface area contributed by atoms with Gasteiger partial charge in [-0.1, -0.05) is 37.8 Å². The van der Waals surface area contributed by atoms with Gasteiger partial charge < -0.3 is 5.32 Å². The number of halogens is 1. The summed E-state index contributed by atoms with van der Waals surface area (Å²) in [5.41, 5.74) is 1.35. The van der Waals surface area contributed by atoms with Crippen molar-refractivity contribution >= 4 is 23.4 Å². The summed E-state index contributed by atoms with van der Waals surface area (Å²) in [6.45, 7) is 4.06. The first kappa shape index (κ1) is 14.2. The van der Waals surface area contributed by atoms with Crippen molar-refractivity contribution in [3.63, 3.8) is 0 Å². The first-order valence-corrected chi connectivity index (χ1v) is 8.21. The third-order valence-electron chi connectivity index (χ3n) is 3.43. The Balaban J connectivity index is 2.04. The molecule has 0 saturated heterocycles. The van der Waals surface area contributed by atoms with Gasteiger partial charge in [-0.25, -0.2) is 0 Å². The van der Waals surface area contributed by atoms with Gasteiger partial charge in [0.25, 0.3) is 0 Å². The number of hydrogen-bond acceptors (Lipinski definition) is 2. The molecule has 0 radical (unpaired) electrons. The fourth-order valence-corrected chi connectivity index (χ4v) is 3.98. The molecule has 2 rings (SSSR count). The summed E-state index contributed by atoms with van der Waals surface area (Å²) in [4.78, 5) is 1.41. The van der Waals surface area contributed by atoms with Gasteiger partial charge in [0.2, 0.25) is 0 Å². The second-order valence-corrected chi connectivity index (χ2v) is 6.69. The average molecular weight is 284 g/mol. The van der Waals surface area contributed by atoms with Crippen molar-refractivity contribution in [2.75, 3.05) is 6.54 Å². The molecule has 1 fully saturated rings. The molecule has 3 heteroatoms. The minimum Gasteiger partial charge on any atom is -0.313 e. The fourth-order valence-electron chi connectivity index (χ4n) is 2.42. The normalized spacial score (nSPS) is 17.0. The average Bonchev–Trinajstić information content (AvgIpc) is 2.40. The van der Waals surface area contributed by atoms with Gasteiger partial charge in [-0.15, -0.1) is 11.8 Å². The highest BCUT2D eigenvalue weighted by Gasteiger charge is 2.16. The van der Waals surface area contributed by atoms with Gasteiger partial charge in [-0.2, -0.15) is 0 Å². The highest BCUT2D eigenvalue weighted by Crippen LogP contribution is 2.36. The molecule has 1 saturated carbocycles. The maximum absolute atomic E-state index is 6.10. The number of nitrogens with one attached hydrogen (secondary N) is 1. The summed E-state index contributed by atoms with van der Waals surface area (Å²) in [6.07, 6.45) is 6.95. The molecule has 18 heavy (non-hydrogen) atoms. The van der Waals surface area contributed by atoms with Crippen LogP contribution in [0.2, 0.25) is 5.02 Å². The van der Waals surface area contributed by atoms with Gasteiger partial charge in [-0.3, -0.25) is 0 Å². The van der Waals surface area contributed by atoms with Crippen LogP contribution in [0, 0.1) is 0 Å². The molecule has 0 spiro atoms. The largest absolute Gasteiger partial charge is 0.313 e. The van der Waals surface area contributed by atoms with Gasteiger partial charge >= 0.3 is 0 Å². The maximum Gasteiger partial charge on any atom is 0.0410 e. The molecule has 0 heterocycles. The summed E-state index contributed by atoms with van der Waals surface area (Å²) >= 11 is 8.15. The van der Waals surface area contributed by atoms with E-state index in [1.165, 1.54) is 42.6 Å². The summed E-state index contributed by atoms with van der Waals surface area (Å²) in [5, 5.41) is 5.05. The molecule has 0 aromatic heterocycles. The number of thioether (sulfide) groups is 1. The topological polar surface area (TPSA) is 12.0 Å². The minimum absolute atomic E-state index is 0.806. The van der Waals surface area contributed by atoms with Gasteiger partial charge in [0.15, 0.2) is 0 Å². The SMILES string of the molecule is CCNCc1cc(Cl)ccc1SC1CCCCC1. The first-order valence-electron chi connectivity index (χ1n) is 6.95. The Morgan fingerprint density at radius 1 is 1.28 bits per heavy atom. The molecule has 1 aromatic carbocycles. The molecule has 1 N–H and O–H groups in total. The first-order chi connectivity index (χ1) is 8.79. The zero-order chi connectivity index (χ0) is 12.8. The van der Waals surface area contributed by atoms with Crippen molar-refractivity contribution in [2.24, 2.45) is 0 Å². The molecule has 0 unspecified atom stereocenters. The molecular formula is C15H22ClNS. The molecule has 0 amide bonds. The van der Waals surface area contributed by atoms with Crippen LogP contribution in [0.1, 0.15) is 44.6 Å². The van der Waals surface area contributed by atoms with E-state index >= 15 is 0 Å². The van der Waals surface area contributed by atoms with E-state index in [9.17, 15) is 0 Å². The van der Waals surface area contributed by atoms with Crippen LogP contribution in [0.3, 0.4) is 0 Å². The Morgan fingerprint density at radius 2 is 2.06 bits per heavy atom. The second-order valence-electron chi connectivity index (χ2n) is 4.91. The van der Waals surface area contributed by atoms with Crippen molar-refractivity contribution in [2.45, 2.75) is 55.7 Å². The van der Waals surface area contributed by atoms with Crippen molar-refractivity contribution in [3.8, 4) is 0 Å². The molecule has 1 aliphatic carbocycles. The van der Waals surface area contributed by atoms with Crippen LogP contribution >= 0.6 is 23.4 Å². The van der Waals surface area contributed by atoms with Gasteiger partial charge in [0.1, 0.15) is 0 Å². The summed E-state index contributed by atoms with van der Waals surface area (Å²) in [5.74, 6) is 0. The van der Waals surface area contributed by atoms with Crippen molar-refractivity contribution in [1.29, 1.82) is 0 Å². The number of hydrogen-bond donors (Lipinski definition) is 1. The van der Waals surface area contributed by atoms with Gasteiger partial charge in [0.05, 0.1) is 0 Å². The van der Waals surface area contributed by atoms with Crippen LogP contribution in [0.15, 0.2) is 23.1 Å². The van der Waals surface area contributed by atoms with Crippen LogP contribution in [-0.4, -0.2) is 11.8 Å². The Labute approximate surface area is 120 Å². The van der Waals surface area contributed by atoms with Gasteiger partial charge in [-0.05, 0) is 43.1 Å². The molecule has 0 bridgehead atoms. The molecule has 1 aliphatic rings. The monoisotopic (exact) mass is 283 g/mol. The highest BCUT2D eigenvalue weighted by molar-refractivity contribution is 8.00. The van der Waals surface area contributed by atoms with E-state index in [2.05, 4.69) is 36.1 Å². The highest BCUT2D eigenvalue weighted by atomic mass is 35.5. The number of rotatable bonds is 5. The standard InChI is InChI=1S/C15H22ClNS/c1-2-17-11-12-10-13(16)8-9-15(12)18-14-6-4-3-5-7-14/h8-10,14,17H,2-7,11H2,1H3. The van der Waals surface area contributed by atoms with Crippen molar-refractivity contribution < 1.29 is 0 Å². The van der Waals surface area contributed by atoms with E-state index in [-0.39, 0.29) is 0 Å². The Morgan fingerprint density at radius 3 is 2.78 bits per heavy atom. The molecular weight excluding hydrogens is 262 g/mol.